The van der Waals surface area contributed by atoms with Gasteiger partial charge in [-0.2, -0.15) is 0 Å². The molecule has 28 heavy (non-hydrogen) atoms. The molecule has 142 valence electrons. The van der Waals surface area contributed by atoms with E-state index in [1.165, 1.54) is 0 Å². The number of nitrogens with one attached hydrogen (secondary N) is 1. The van der Waals surface area contributed by atoms with Crippen LogP contribution in [0.25, 0.3) is 10.6 Å². The number of carbonyl (C=O) groups excluding carboxylic acids is 2. The molecule has 0 unspecified atom stereocenters. The van der Waals surface area contributed by atoms with Gasteiger partial charge in [-0.05, 0) is 24.1 Å². The Labute approximate surface area is 168 Å². The molecular weight excluding hydrogens is 370 g/mol. The lowest BCUT2D eigenvalue weighted by Gasteiger charge is -2.16. The van der Waals surface area contributed by atoms with Crippen LogP contribution >= 0.6 is 11.3 Å². The van der Waals surface area contributed by atoms with Crippen LogP contribution in [-0.4, -0.2) is 28.2 Å². The van der Waals surface area contributed by atoms with E-state index in [0.29, 0.717) is 25.1 Å². The van der Waals surface area contributed by atoms with Crippen LogP contribution in [0.15, 0.2) is 60.0 Å². The minimum absolute atomic E-state index is 0.135. The third-order valence-electron chi connectivity index (χ3n) is 4.74. The van der Waals surface area contributed by atoms with Crippen molar-refractivity contribution in [3.63, 3.8) is 0 Å². The van der Waals surface area contributed by atoms with Crippen molar-refractivity contribution in [2.24, 2.45) is 0 Å². The van der Waals surface area contributed by atoms with Crippen molar-refractivity contribution in [3.05, 3.63) is 76.8 Å². The van der Waals surface area contributed by atoms with E-state index >= 15 is 0 Å². The van der Waals surface area contributed by atoms with E-state index in [1.807, 2.05) is 58.8 Å². The number of hydrogen-bond acceptors (Lipinski definition) is 4. The summed E-state index contributed by atoms with van der Waals surface area (Å²) in [6, 6.07) is 17.5. The van der Waals surface area contributed by atoms with Crippen LogP contribution in [0.3, 0.4) is 0 Å². The van der Waals surface area contributed by atoms with Crippen LogP contribution in [0.4, 0.5) is 0 Å². The molecule has 1 aliphatic heterocycles. The molecule has 3 aromatic rings. The van der Waals surface area contributed by atoms with Gasteiger partial charge in [0, 0.05) is 36.0 Å². The predicted octanol–water partition coefficient (Wildman–Crippen LogP) is 3.86. The zero-order valence-corrected chi connectivity index (χ0v) is 16.2. The molecule has 0 bridgehead atoms. The molecule has 1 N–H and O–H groups in total. The Kier molecular flexibility index (Phi) is 5.48. The van der Waals surface area contributed by atoms with Gasteiger partial charge in [-0.1, -0.05) is 42.5 Å². The standard InChI is InChI=1S/C22H21N3O2S/c26-20-10-5-11-25(20)14-16-6-4-9-18(12-16)21(27)23-13-19-15-28-22(24-19)17-7-2-1-3-8-17/h1-4,6-9,12,15H,5,10-11,13-14H2,(H,23,27). The first-order valence-electron chi connectivity index (χ1n) is 9.34. The largest absolute Gasteiger partial charge is 0.346 e. The Morgan fingerprint density at radius 3 is 2.79 bits per heavy atom. The normalized spacial score (nSPS) is 13.7. The van der Waals surface area contributed by atoms with Crippen molar-refractivity contribution in [2.45, 2.75) is 25.9 Å². The van der Waals surface area contributed by atoms with Crippen LogP contribution in [0.5, 0.6) is 0 Å². The van der Waals surface area contributed by atoms with E-state index in [9.17, 15) is 9.59 Å². The summed E-state index contributed by atoms with van der Waals surface area (Å²) >= 11 is 1.57. The SMILES string of the molecule is O=C(NCc1csc(-c2ccccc2)n1)c1cccc(CN2CCCC2=O)c1. The highest BCUT2D eigenvalue weighted by atomic mass is 32.1. The van der Waals surface area contributed by atoms with Gasteiger partial charge in [-0.3, -0.25) is 9.59 Å². The first-order valence-corrected chi connectivity index (χ1v) is 10.2. The Morgan fingerprint density at radius 2 is 2.00 bits per heavy atom. The highest BCUT2D eigenvalue weighted by molar-refractivity contribution is 7.13. The van der Waals surface area contributed by atoms with Gasteiger partial charge >= 0.3 is 0 Å². The number of likely N-dealkylation sites (tertiary alicyclic amines) is 1. The molecular formula is C22H21N3O2S. The number of benzene rings is 2. The summed E-state index contributed by atoms with van der Waals surface area (Å²) in [4.78, 5) is 30.8. The van der Waals surface area contributed by atoms with E-state index < -0.39 is 0 Å². The van der Waals surface area contributed by atoms with Gasteiger partial charge < -0.3 is 10.2 Å². The highest BCUT2D eigenvalue weighted by Crippen LogP contribution is 2.23. The van der Waals surface area contributed by atoms with Gasteiger partial charge in [0.25, 0.3) is 5.91 Å². The molecule has 5 nitrogen and oxygen atoms in total. The fourth-order valence-corrected chi connectivity index (χ4v) is 4.10. The third kappa shape index (κ3) is 4.28. The van der Waals surface area contributed by atoms with Crippen molar-refractivity contribution in [2.75, 3.05) is 6.54 Å². The summed E-state index contributed by atoms with van der Waals surface area (Å²) in [7, 11) is 0. The van der Waals surface area contributed by atoms with E-state index in [2.05, 4.69) is 10.3 Å². The molecule has 2 amide bonds. The molecule has 2 aromatic carbocycles. The monoisotopic (exact) mass is 391 g/mol. The lowest BCUT2D eigenvalue weighted by molar-refractivity contribution is -0.128. The van der Waals surface area contributed by atoms with Crippen LogP contribution < -0.4 is 5.32 Å². The zero-order chi connectivity index (χ0) is 19.3. The number of nitrogens with zero attached hydrogens (tertiary/aromatic N) is 2. The second kappa shape index (κ2) is 8.35. The minimum Gasteiger partial charge on any atom is -0.346 e. The van der Waals surface area contributed by atoms with Crippen LogP contribution in [0, 0.1) is 0 Å². The second-order valence-corrected chi connectivity index (χ2v) is 7.67. The van der Waals surface area contributed by atoms with Crippen molar-refractivity contribution < 1.29 is 9.59 Å². The Bertz CT molecular complexity index is 984. The molecule has 0 spiro atoms. The number of thiazole rings is 1. The van der Waals surface area contributed by atoms with E-state index in [4.69, 9.17) is 0 Å². The van der Waals surface area contributed by atoms with Crippen LogP contribution in [0.2, 0.25) is 0 Å². The summed E-state index contributed by atoms with van der Waals surface area (Å²) < 4.78 is 0. The number of rotatable bonds is 6. The molecule has 0 radical (unpaired) electrons. The Balaban J connectivity index is 1.37. The quantitative estimate of drug-likeness (QED) is 0.694. The number of carbonyl (C=O) groups is 2. The van der Waals surface area contributed by atoms with Gasteiger partial charge in [-0.15, -0.1) is 11.3 Å². The number of amides is 2. The predicted molar refractivity (Wildman–Crippen MR) is 110 cm³/mol. The molecule has 0 aliphatic carbocycles. The van der Waals surface area contributed by atoms with E-state index in [0.717, 1.165) is 34.8 Å². The maximum absolute atomic E-state index is 12.5. The van der Waals surface area contributed by atoms with Crippen molar-refractivity contribution in [1.82, 2.24) is 15.2 Å². The maximum atomic E-state index is 12.5. The Morgan fingerprint density at radius 1 is 1.14 bits per heavy atom. The first kappa shape index (κ1) is 18.4. The molecule has 0 atom stereocenters. The number of aromatic nitrogens is 1. The summed E-state index contributed by atoms with van der Waals surface area (Å²) in [5.74, 6) is 0.0523. The summed E-state index contributed by atoms with van der Waals surface area (Å²) in [6.07, 6.45) is 1.54. The molecule has 6 heteroatoms. The van der Waals surface area contributed by atoms with Gasteiger partial charge in [-0.25, -0.2) is 4.98 Å². The third-order valence-corrected chi connectivity index (χ3v) is 5.68. The van der Waals surface area contributed by atoms with Gasteiger partial charge in [0.1, 0.15) is 5.01 Å². The lowest BCUT2D eigenvalue weighted by atomic mass is 10.1. The van der Waals surface area contributed by atoms with Crippen LogP contribution in [0.1, 0.15) is 34.5 Å². The van der Waals surface area contributed by atoms with Crippen molar-refractivity contribution in [1.29, 1.82) is 0 Å². The lowest BCUT2D eigenvalue weighted by Crippen LogP contribution is -2.25. The van der Waals surface area contributed by atoms with Gasteiger partial charge in [0.05, 0.1) is 12.2 Å². The smallest absolute Gasteiger partial charge is 0.251 e. The molecule has 1 aromatic heterocycles. The van der Waals surface area contributed by atoms with Crippen LogP contribution in [-0.2, 0) is 17.9 Å². The van der Waals surface area contributed by atoms with Crippen molar-refractivity contribution >= 4 is 23.2 Å². The zero-order valence-electron chi connectivity index (χ0n) is 15.4. The minimum atomic E-state index is -0.135. The van der Waals surface area contributed by atoms with E-state index in [-0.39, 0.29) is 11.8 Å². The molecule has 4 rings (SSSR count). The molecule has 1 saturated heterocycles. The van der Waals surface area contributed by atoms with Gasteiger partial charge in [0.2, 0.25) is 5.91 Å². The maximum Gasteiger partial charge on any atom is 0.251 e. The second-order valence-electron chi connectivity index (χ2n) is 6.81. The molecule has 0 saturated carbocycles. The molecule has 1 aliphatic rings. The molecule has 2 heterocycles. The first-order chi connectivity index (χ1) is 13.7. The van der Waals surface area contributed by atoms with Crippen molar-refractivity contribution in [3.8, 4) is 10.6 Å². The summed E-state index contributed by atoms with van der Waals surface area (Å²) in [5.41, 5.74) is 3.50. The average Bonchev–Trinajstić information content (AvgIpc) is 3.36. The van der Waals surface area contributed by atoms with E-state index in [1.54, 1.807) is 17.4 Å². The topological polar surface area (TPSA) is 62.3 Å². The summed E-state index contributed by atoms with van der Waals surface area (Å²) in [5, 5.41) is 5.85. The average molecular weight is 391 g/mol. The summed E-state index contributed by atoms with van der Waals surface area (Å²) in [6.45, 7) is 1.74. The van der Waals surface area contributed by atoms with Gasteiger partial charge in [0.15, 0.2) is 0 Å². The fraction of sp³-hybridized carbons (Fsp3) is 0.227. The Hall–Kier alpha value is -2.99. The highest BCUT2D eigenvalue weighted by Gasteiger charge is 2.20. The number of hydrogen-bond donors (Lipinski definition) is 1. The molecule has 1 fully saturated rings. The fourth-order valence-electron chi connectivity index (χ4n) is 3.28.